The van der Waals surface area contributed by atoms with Crippen molar-refractivity contribution >= 4 is 23.1 Å². The minimum absolute atomic E-state index is 0.119. The van der Waals surface area contributed by atoms with E-state index < -0.39 is 17.7 Å². The fourth-order valence-corrected chi connectivity index (χ4v) is 4.84. The number of halogens is 3. The number of nitrogens with zero attached hydrogens (tertiary/aromatic N) is 3. The van der Waals surface area contributed by atoms with Crippen LogP contribution in [0, 0.1) is 16.7 Å². The number of aromatic nitrogens is 2. The van der Waals surface area contributed by atoms with E-state index in [0.29, 0.717) is 19.8 Å². The number of amides is 1. The molecule has 0 saturated carbocycles. The van der Waals surface area contributed by atoms with E-state index in [1.54, 1.807) is 0 Å². The molecule has 2 heterocycles. The lowest BCUT2D eigenvalue weighted by Gasteiger charge is -2.38. The summed E-state index contributed by atoms with van der Waals surface area (Å²) in [6, 6.07) is 8.21. The number of rotatable bonds is 8. The van der Waals surface area contributed by atoms with Gasteiger partial charge < -0.3 is 29.8 Å². The van der Waals surface area contributed by atoms with Gasteiger partial charge in [-0.3, -0.25) is 4.79 Å². The highest BCUT2D eigenvalue weighted by Crippen LogP contribution is 2.43. The molecule has 1 fully saturated rings. The number of alkyl halides is 3. The summed E-state index contributed by atoms with van der Waals surface area (Å²) in [5, 5.41) is 19.2. The first kappa shape index (κ1) is 33.8. The van der Waals surface area contributed by atoms with Crippen molar-refractivity contribution in [2.45, 2.75) is 57.7 Å². The molecule has 0 spiro atoms. The zero-order chi connectivity index (χ0) is 31.8. The summed E-state index contributed by atoms with van der Waals surface area (Å²) in [6.07, 6.45) is 3.19. The number of benzene rings is 1. The smallest absolute Gasteiger partial charge is 0.475 e. The van der Waals surface area contributed by atoms with Gasteiger partial charge in [0.15, 0.2) is 5.82 Å². The van der Waals surface area contributed by atoms with Crippen molar-refractivity contribution in [3.05, 3.63) is 53.1 Å². The molecular weight excluding hydrogens is 567 g/mol. The Bertz CT molecular complexity index is 1350. The molecule has 1 aliphatic heterocycles. The van der Waals surface area contributed by atoms with Crippen molar-refractivity contribution in [2.75, 3.05) is 45.8 Å². The Morgan fingerprint density at radius 3 is 2.44 bits per heavy atom. The highest BCUT2D eigenvalue weighted by molar-refractivity contribution is 6.03. The highest BCUT2D eigenvalue weighted by Gasteiger charge is 2.38. The normalized spacial score (nSPS) is 17.7. The van der Waals surface area contributed by atoms with Gasteiger partial charge in [0.05, 0.1) is 18.4 Å². The third-order valence-corrected chi connectivity index (χ3v) is 7.48. The Morgan fingerprint density at radius 2 is 1.91 bits per heavy atom. The number of anilines is 1. The number of ether oxygens (including phenoxy) is 2. The van der Waals surface area contributed by atoms with E-state index in [0.717, 1.165) is 55.5 Å². The Morgan fingerprint density at radius 1 is 1.23 bits per heavy atom. The predicted molar refractivity (Wildman–Crippen MR) is 153 cm³/mol. The van der Waals surface area contributed by atoms with Gasteiger partial charge in [0.1, 0.15) is 11.8 Å². The molecule has 0 bridgehead atoms. The SMILES string of the molecule is CN(C)CCOC1(c2ccc(NC(=O)c3ncc(C#N)[nH]3)c(C3=CCC(C)(C)CC3)c2)CCOCC1.O=C(O)C(F)(F)F. The number of carbonyl (C=O) groups excluding carboxylic acids is 1. The van der Waals surface area contributed by atoms with Crippen molar-refractivity contribution in [3.8, 4) is 6.07 Å². The first-order chi connectivity index (χ1) is 20.2. The number of imidazole rings is 1. The van der Waals surface area contributed by atoms with Gasteiger partial charge in [0.2, 0.25) is 0 Å². The number of carboxylic acid groups (broad SMARTS) is 1. The molecule has 1 aromatic carbocycles. The van der Waals surface area contributed by atoms with Crippen LogP contribution in [0.25, 0.3) is 5.57 Å². The molecular formula is C30H38F3N5O5. The third-order valence-electron chi connectivity index (χ3n) is 7.48. The maximum Gasteiger partial charge on any atom is 0.490 e. The zero-order valence-corrected chi connectivity index (χ0v) is 24.8. The highest BCUT2D eigenvalue weighted by atomic mass is 19.4. The molecule has 1 aromatic heterocycles. The summed E-state index contributed by atoms with van der Waals surface area (Å²) in [5.74, 6) is -3.01. The van der Waals surface area contributed by atoms with Crippen LogP contribution in [0.3, 0.4) is 0 Å². The van der Waals surface area contributed by atoms with Crippen molar-refractivity contribution < 1.29 is 37.3 Å². The summed E-state index contributed by atoms with van der Waals surface area (Å²) >= 11 is 0. The minimum atomic E-state index is -5.08. The summed E-state index contributed by atoms with van der Waals surface area (Å²) in [6.45, 7) is 7.38. The van der Waals surface area contributed by atoms with Gasteiger partial charge in [-0.1, -0.05) is 26.0 Å². The largest absolute Gasteiger partial charge is 0.490 e. The fourth-order valence-electron chi connectivity index (χ4n) is 4.84. The standard InChI is InChI=1S/C28H37N5O3.C2HF3O2/c1-27(2)9-7-20(8-10-27)23-17-21(28(11-14-35-15-12-28)36-16-13-33(3)4)5-6-24(23)32-26(34)25-30-19-22(18-29)31-25;3-2(4,5)1(6)7/h5-7,17,19H,8-16H2,1-4H3,(H,30,31)(H,32,34);(H,6,7). The lowest BCUT2D eigenvalue weighted by atomic mass is 9.76. The van der Waals surface area contributed by atoms with Crippen molar-refractivity contribution in [2.24, 2.45) is 5.41 Å². The number of H-pyrrole nitrogens is 1. The minimum Gasteiger partial charge on any atom is -0.475 e. The molecule has 13 heteroatoms. The molecule has 0 atom stereocenters. The number of allylic oxidation sites excluding steroid dienone is 2. The Kier molecular flexibility index (Phi) is 11.1. The number of aromatic amines is 1. The van der Waals surface area contributed by atoms with Crippen LogP contribution >= 0.6 is 0 Å². The van der Waals surface area contributed by atoms with E-state index in [9.17, 15) is 18.0 Å². The molecule has 3 N–H and O–H groups in total. The van der Waals surface area contributed by atoms with E-state index in [2.05, 4.69) is 52.2 Å². The van der Waals surface area contributed by atoms with E-state index in [1.807, 2.05) is 26.2 Å². The van der Waals surface area contributed by atoms with Crippen LogP contribution in [-0.4, -0.2) is 78.5 Å². The van der Waals surface area contributed by atoms with Gasteiger partial charge in [0, 0.05) is 43.9 Å². The van der Waals surface area contributed by atoms with Crippen LogP contribution < -0.4 is 5.32 Å². The van der Waals surface area contributed by atoms with Gasteiger partial charge in [-0.05, 0) is 62.0 Å². The average Bonchev–Trinajstić information content (AvgIpc) is 3.43. The molecule has 10 nitrogen and oxygen atoms in total. The first-order valence-corrected chi connectivity index (χ1v) is 13.9. The molecule has 43 heavy (non-hydrogen) atoms. The number of likely N-dealkylation sites (N-methyl/N-ethyl adjacent to an activating group) is 1. The van der Waals surface area contributed by atoms with Crippen molar-refractivity contribution in [1.82, 2.24) is 14.9 Å². The number of carboxylic acids is 1. The third kappa shape index (κ3) is 9.38. The van der Waals surface area contributed by atoms with Gasteiger partial charge in [-0.2, -0.15) is 18.4 Å². The quantitative estimate of drug-likeness (QED) is 0.366. The Balaban J connectivity index is 0.000000646. The monoisotopic (exact) mass is 605 g/mol. The first-order valence-electron chi connectivity index (χ1n) is 13.9. The second-order valence-corrected chi connectivity index (χ2v) is 11.6. The molecule has 2 aromatic rings. The number of aliphatic carboxylic acids is 1. The van der Waals surface area contributed by atoms with Gasteiger partial charge in [-0.15, -0.1) is 0 Å². The van der Waals surface area contributed by atoms with E-state index >= 15 is 0 Å². The number of nitrogens with one attached hydrogen (secondary N) is 2. The molecule has 1 amide bonds. The fraction of sp³-hybridized carbons (Fsp3) is 0.533. The maximum absolute atomic E-state index is 13.0. The zero-order valence-electron chi connectivity index (χ0n) is 24.8. The topological polar surface area (TPSA) is 141 Å². The summed E-state index contributed by atoms with van der Waals surface area (Å²) in [7, 11) is 4.09. The van der Waals surface area contributed by atoms with Crippen LogP contribution in [0.2, 0.25) is 0 Å². The summed E-state index contributed by atoms with van der Waals surface area (Å²) < 4.78 is 44.0. The van der Waals surface area contributed by atoms with Crippen LogP contribution in [0.1, 0.15) is 73.4 Å². The Labute approximate surface area is 248 Å². The number of hydrogen-bond donors (Lipinski definition) is 3. The Hall–Kier alpha value is -3.73. The van der Waals surface area contributed by atoms with Crippen molar-refractivity contribution in [1.29, 1.82) is 5.26 Å². The van der Waals surface area contributed by atoms with Crippen LogP contribution in [0.15, 0.2) is 30.5 Å². The van der Waals surface area contributed by atoms with E-state index in [4.69, 9.17) is 24.6 Å². The number of nitriles is 1. The molecule has 1 saturated heterocycles. The molecule has 234 valence electrons. The van der Waals surface area contributed by atoms with E-state index in [-0.39, 0.29) is 22.8 Å². The second-order valence-electron chi connectivity index (χ2n) is 11.6. The lowest BCUT2D eigenvalue weighted by Crippen LogP contribution is -2.38. The van der Waals surface area contributed by atoms with Crippen LogP contribution in [0.5, 0.6) is 0 Å². The van der Waals surface area contributed by atoms with Crippen LogP contribution in [0.4, 0.5) is 18.9 Å². The molecule has 2 aliphatic rings. The van der Waals surface area contributed by atoms with Gasteiger partial charge in [-0.25, -0.2) is 9.78 Å². The summed E-state index contributed by atoms with van der Waals surface area (Å²) in [4.78, 5) is 30.8. The van der Waals surface area contributed by atoms with Crippen LogP contribution in [-0.2, 0) is 19.9 Å². The lowest BCUT2D eigenvalue weighted by molar-refractivity contribution is -0.192. The maximum atomic E-state index is 13.0. The molecule has 4 rings (SSSR count). The van der Waals surface area contributed by atoms with Gasteiger partial charge >= 0.3 is 12.1 Å². The molecule has 0 unspecified atom stereocenters. The molecule has 0 radical (unpaired) electrons. The van der Waals surface area contributed by atoms with Crippen molar-refractivity contribution in [3.63, 3.8) is 0 Å². The average molecular weight is 606 g/mol. The van der Waals surface area contributed by atoms with E-state index in [1.165, 1.54) is 11.8 Å². The summed E-state index contributed by atoms with van der Waals surface area (Å²) in [5.41, 5.74) is 4.22. The number of carbonyl (C=O) groups is 2. The molecule has 1 aliphatic carbocycles. The predicted octanol–water partition coefficient (Wildman–Crippen LogP) is 5.34. The number of hydrogen-bond acceptors (Lipinski definition) is 7. The second kappa shape index (κ2) is 14.2. The van der Waals surface area contributed by atoms with Gasteiger partial charge in [0.25, 0.3) is 5.91 Å².